The average Bonchev–Trinajstić information content (AvgIpc) is 3.44. The molecule has 0 aliphatic heterocycles. The molecule has 0 N–H and O–H groups in total. The van der Waals surface area contributed by atoms with Gasteiger partial charge in [0.2, 0.25) is 5.95 Å². The van der Waals surface area contributed by atoms with Crippen LogP contribution in [0, 0.1) is 6.57 Å². The van der Waals surface area contributed by atoms with E-state index in [4.69, 9.17) is 21.5 Å². The molecule has 2 aromatic heterocycles. The molecule has 43 heavy (non-hydrogen) atoms. The molecule has 5 heteroatoms. The lowest BCUT2D eigenvalue weighted by atomic mass is 10.0. The summed E-state index contributed by atoms with van der Waals surface area (Å²) in [4.78, 5) is 18.7. The zero-order valence-electron chi connectivity index (χ0n) is 23.0. The van der Waals surface area contributed by atoms with Crippen molar-refractivity contribution in [1.29, 1.82) is 0 Å². The van der Waals surface area contributed by atoms with E-state index >= 15 is 0 Å². The molecule has 0 bridgehead atoms. The average molecular weight is 550 g/mol. The Morgan fingerprint density at radius 2 is 1.05 bits per heavy atom. The molecule has 6 aromatic carbocycles. The van der Waals surface area contributed by atoms with E-state index in [9.17, 15) is 0 Å². The Morgan fingerprint density at radius 3 is 1.77 bits per heavy atom. The quantitative estimate of drug-likeness (QED) is 0.205. The second-order valence-corrected chi connectivity index (χ2v) is 10.4. The van der Waals surface area contributed by atoms with Crippen LogP contribution in [-0.4, -0.2) is 19.5 Å². The summed E-state index contributed by atoms with van der Waals surface area (Å²) in [5.74, 6) is 1.79. The van der Waals surface area contributed by atoms with Crippen molar-refractivity contribution in [1.82, 2.24) is 19.5 Å². The van der Waals surface area contributed by atoms with E-state index in [0.29, 0.717) is 23.3 Å². The molecule has 0 aliphatic rings. The second-order valence-electron chi connectivity index (χ2n) is 10.4. The topological polar surface area (TPSA) is 48.0 Å². The minimum atomic E-state index is 0.574. The van der Waals surface area contributed by atoms with E-state index in [2.05, 4.69) is 82.2 Å². The summed E-state index contributed by atoms with van der Waals surface area (Å²) in [6.45, 7) is 7.22. The van der Waals surface area contributed by atoms with Crippen molar-refractivity contribution < 1.29 is 0 Å². The predicted octanol–water partition coefficient (Wildman–Crippen LogP) is 9.67. The van der Waals surface area contributed by atoms with Crippen LogP contribution >= 0.6 is 0 Å². The largest absolute Gasteiger partial charge is 0.277 e. The van der Waals surface area contributed by atoms with Crippen molar-refractivity contribution in [3.05, 3.63) is 151 Å². The number of aromatic nitrogens is 4. The third kappa shape index (κ3) is 4.21. The molecule has 2 heterocycles. The molecule has 8 rings (SSSR count). The van der Waals surface area contributed by atoms with Crippen LogP contribution in [0.1, 0.15) is 0 Å². The summed E-state index contributed by atoms with van der Waals surface area (Å²) in [7, 11) is 0. The van der Waals surface area contributed by atoms with Crippen LogP contribution in [0.15, 0.2) is 140 Å². The zero-order chi connectivity index (χ0) is 28.8. The van der Waals surface area contributed by atoms with E-state index in [1.165, 1.54) is 0 Å². The lowest BCUT2D eigenvalue weighted by molar-refractivity contribution is 0.955. The Kier molecular flexibility index (Phi) is 5.77. The molecule has 0 saturated heterocycles. The van der Waals surface area contributed by atoms with Crippen molar-refractivity contribution in [2.24, 2.45) is 0 Å². The molecule has 200 valence electrons. The molecular formula is C38H23N5. The van der Waals surface area contributed by atoms with Crippen LogP contribution in [0.2, 0.25) is 0 Å². The molecule has 0 aliphatic carbocycles. The van der Waals surface area contributed by atoms with Crippen LogP contribution in [0.5, 0.6) is 0 Å². The fourth-order valence-corrected chi connectivity index (χ4v) is 5.79. The van der Waals surface area contributed by atoms with Crippen LogP contribution in [0.4, 0.5) is 5.69 Å². The van der Waals surface area contributed by atoms with Gasteiger partial charge in [0.25, 0.3) is 0 Å². The van der Waals surface area contributed by atoms with E-state index in [1.807, 2.05) is 66.7 Å². The van der Waals surface area contributed by atoms with Gasteiger partial charge in [-0.1, -0.05) is 133 Å². The van der Waals surface area contributed by atoms with Crippen LogP contribution in [-0.2, 0) is 0 Å². The number of hydrogen-bond acceptors (Lipinski definition) is 3. The summed E-state index contributed by atoms with van der Waals surface area (Å²) in [5, 5.41) is 4.62. The maximum Gasteiger partial charge on any atom is 0.238 e. The van der Waals surface area contributed by atoms with Gasteiger partial charge in [-0.15, -0.1) is 0 Å². The van der Waals surface area contributed by atoms with Gasteiger partial charge in [-0.3, -0.25) is 4.57 Å². The smallest absolute Gasteiger partial charge is 0.238 e. The standard InChI is InChI=1S/C38H23N5/c1-39-30-22-19-26(20-23-30)25-15-17-29(18-16-25)37-40-36(28-10-3-2-4-11-28)41-38(42-37)43-34-14-8-7-13-32(34)33-24-21-27-9-5-6-12-31(27)35(33)43/h2-24H. The van der Waals surface area contributed by atoms with Gasteiger partial charge in [0.1, 0.15) is 0 Å². The van der Waals surface area contributed by atoms with Gasteiger partial charge >= 0.3 is 0 Å². The number of benzene rings is 6. The fourth-order valence-electron chi connectivity index (χ4n) is 5.79. The number of fused-ring (bicyclic) bond motifs is 5. The van der Waals surface area contributed by atoms with Gasteiger partial charge in [0.15, 0.2) is 17.3 Å². The normalized spacial score (nSPS) is 11.2. The molecule has 0 amide bonds. The molecule has 0 saturated carbocycles. The third-order valence-corrected chi connectivity index (χ3v) is 7.89. The predicted molar refractivity (Wildman–Crippen MR) is 174 cm³/mol. The maximum atomic E-state index is 7.22. The first-order valence-electron chi connectivity index (χ1n) is 14.1. The summed E-state index contributed by atoms with van der Waals surface area (Å²) >= 11 is 0. The molecular weight excluding hydrogens is 526 g/mol. The summed E-state index contributed by atoms with van der Waals surface area (Å²) in [6, 6.07) is 47.2. The fraction of sp³-hybridized carbons (Fsp3) is 0. The molecule has 5 nitrogen and oxygen atoms in total. The number of nitrogens with zero attached hydrogens (tertiary/aromatic N) is 5. The van der Waals surface area contributed by atoms with Crippen molar-refractivity contribution >= 4 is 38.3 Å². The van der Waals surface area contributed by atoms with Gasteiger partial charge in [0.05, 0.1) is 17.6 Å². The highest BCUT2D eigenvalue weighted by atomic mass is 15.2. The van der Waals surface area contributed by atoms with E-state index in [0.717, 1.165) is 54.8 Å². The van der Waals surface area contributed by atoms with Crippen LogP contribution in [0.3, 0.4) is 0 Å². The molecule has 0 unspecified atom stereocenters. The summed E-state index contributed by atoms with van der Waals surface area (Å²) < 4.78 is 2.18. The van der Waals surface area contributed by atoms with Gasteiger partial charge in [-0.2, -0.15) is 9.97 Å². The highest BCUT2D eigenvalue weighted by Gasteiger charge is 2.19. The Labute approximate surface area is 248 Å². The minimum Gasteiger partial charge on any atom is -0.277 e. The monoisotopic (exact) mass is 549 g/mol. The summed E-state index contributed by atoms with van der Waals surface area (Å²) in [5.41, 5.74) is 6.69. The first-order chi connectivity index (χ1) is 21.3. The second kappa shape index (κ2) is 10.1. The highest BCUT2D eigenvalue weighted by Crippen LogP contribution is 2.36. The van der Waals surface area contributed by atoms with Gasteiger partial charge in [0, 0.05) is 27.3 Å². The van der Waals surface area contributed by atoms with Gasteiger partial charge < -0.3 is 0 Å². The third-order valence-electron chi connectivity index (χ3n) is 7.89. The molecule has 0 atom stereocenters. The van der Waals surface area contributed by atoms with E-state index < -0.39 is 0 Å². The van der Waals surface area contributed by atoms with E-state index in [1.54, 1.807) is 0 Å². The molecule has 0 fully saturated rings. The van der Waals surface area contributed by atoms with Gasteiger partial charge in [-0.05, 0) is 22.6 Å². The van der Waals surface area contributed by atoms with Crippen LogP contribution < -0.4 is 0 Å². The Balaban J connectivity index is 1.36. The Bertz CT molecular complexity index is 2330. The molecule has 0 spiro atoms. The zero-order valence-corrected chi connectivity index (χ0v) is 23.0. The SMILES string of the molecule is [C-]#[N+]c1ccc(-c2ccc(-c3nc(-c4ccccc4)nc(-n4c5ccccc5c5ccc6ccccc6c54)n3)cc2)cc1. The first-order valence-corrected chi connectivity index (χ1v) is 14.1. The molecule has 8 aromatic rings. The Hall–Kier alpha value is -6.12. The van der Waals surface area contributed by atoms with Crippen molar-refractivity contribution in [3.8, 4) is 39.9 Å². The van der Waals surface area contributed by atoms with Crippen molar-refractivity contribution in [3.63, 3.8) is 0 Å². The van der Waals surface area contributed by atoms with Crippen molar-refractivity contribution in [2.75, 3.05) is 0 Å². The first kappa shape index (κ1) is 24.7. The lowest BCUT2D eigenvalue weighted by Gasteiger charge is -2.12. The van der Waals surface area contributed by atoms with Gasteiger partial charge in [-0.25, -0.2) is 9.83 Å². The molecule has 0 radical (unpaired) electrons. The number of rotatable bonds is 4. The number of hydrogen-bond donors (Lipinski definition) is 0. The highest BCUT2D eigenvalue weighted by molar-refractivity contribution is 6.18. The minimum absolute atomic E-state index is 0.574. The van der Waals surface area contributed by atoms with E-state index in [-0.39, 0.29) is 0 Å². The Morgan fingerprint density at radius 1 is 0.465 bits per heavy atom. The summed E-state index contributed by atoms with van der Waals surface area (Å²) in [6.07, 6.45) is 0. The maximum absolute atomic E-state index is 7.22. The lowest BCUT2D eigenvalue weighted by Crippen LogP contribution is -2.06. The van der Waals surface area contributed by atoms with Crippen LogP contribution in [0.25, 0.3) is 77.3 Å². The number of para-hydroxylation sites is 1. The van der Waals surface area contributed by atoms with Crippen molar-refractivity contribution in [2.45, 2.75) is 0 Å².